The van der Waals surface area contributed by atoms with Crippen molar-refractivity contribution in [1.29, 1.82) is 0 Å². The lowest BCUT2D eigenvalue weighted by Crippen LogP contribution is -2.19. The van der Waals surface area contributed by atoms with Gasteiger partial charge >= 0.3 is 0 Å². The van der Waals surface area contributed by atoms with E-state index in [0.717, 1.165) is 51.3 Å². The maximum Gasteiger partial charge on any atom is 0.137 e. The number of hydrogen-bond acceptors (Lipinski definition) is 4. The molecule has 1 aliphatic heterocycles. The lowest BCUT2D eigenvalue weighted by atomic mass is 10.2. The van der Waals surface area contributed by atoms with Gasteiger partial charge in [-0.2, -0.15) is 0 Å². The summed E-state index contributed by atoms with van der Waals surface area (Å²) in [5, 5.41) is 4.03. The maximum atomic E-state index is 6.09. The van der Waals surface area contributed by atoms with Gasteiger partial charge in [-0.25, -0.2) is 0 Å². The zero-order chi connectivity index (χ0) is 14.9. The second-order valence-corrected chi connectivity index (χ2v) is 5.62. The first-order chi connectivity index (χ1) is 10.3. The van der Waals surface area contributed by atoms with Crippen LogP contribution in [0.1, 0.15) is 24.8 Å². The lowest BCUT2D eigenvalue weighted by Gasteiger charge is -2.10. The van der Waals surface area contributed by atoms with Crippen LogP contribution in [-0.2, 0) is 16.0 Å². The Bertz CT molecular complexity index is 422. The normalized spacial score (nSPS) is 18.1. The van der Waals surface area contributed by atoms with Crippen LogP contribution >= 0.6 is 11.6 Å². The van der Waals surface area contributed by atoms with E-state index in [-0.39, 0.29) is 0 Å². The predicted molar refractivity (Wildman–Crippen MR) is 84.1 cm³/mol. The Hall–Kier alpha value is -0.810. The number of halogens is 1. The van der Waals surface area contributed by atoms with Crippen molar-refractivity contribution >= 4 is 11.6 Å². The molecule has 1 aromatic rings. The van der Waals surface area contributed by atoms with Crippen LogP contribution < -0.4 is 10.1 Å². The summed E-state index contributed by atoms with van der Waals surface area (Å²) < 4.78 is 16.3. The summed E-state index contributed by atoms with van der Waals surface area (Å²) in [5.41, 5.74) is 1.15. The van der Waals surface area contributed by atoms with E-state index in [4.69, 9.17) is 25.8 Å². The van der Waals surface area contributed by atoms with Crippen LogP contribution in [0.2, 0.25) is 5.02 Å². The summed E-state index contributed by atoms with van der Waals surface area (Å²) in [6, 6.07) is 5.84. The first-order valence-electron chi connectivity index (χ1n) is 7.52. The number of rotatable bonds is 9. The van der Waals surface area contributed by atoms with Crippen LogP contribution in [0.5, 0.6) is 5.75 Å². The molecule has 1 fully saturated rings. The van der Waals surface area contributed by atoms with Crippen molar-refractivity contribution in [1.82, 2.24) is 5.32 Å². The molecule has 2 rings (SSSR count). The molecule has 0 aromatic heterocycles. The highest BCUT2D eigenvalue weighted by atomic mass is 35.5. The lowest BCUT2D eigenvalue weighted by molar-refractivity contribution is 0.0166. The van der Waals surface area contributed by atoms with Gasteiger partial charge in [0.25, 0.3) is 0 Å². The van der Waals surface area contributed by atoms with E-state index >= 15 is 0 Å². The molecule has 1 N–H and O–H groups in total. The third kappa shape index (κ3) is 5.83. The molecule has 1 heterocycles. The monoisotopic (exact) mass is 313 g/mol. The second-order valence-electron chi connectivity index (χ2n) is 5.21. The second kappa shape index (κ2) is 9.26. The van der Waals surface area contributed by atoms with E-state index in [2.05, 4.69) is 5.32 Å². The predicted octanol–water partition coefficient (Wildman–Crippen LogP) is 3.02. The molecule has 0 bridgehead atoms. The van der Waals surface area contributed by atoms with Crippen LogP contribution in [0.4, 0.5) is 0 Å². The SMILES string of the molecule is COc1ccc(CNCCCOCC2CCCO2)cc1Cl. The molecule has 118 valence electrons. The molecule has 1 unspecified atom stereocenters. The number of methoxy groups -OCH3 is 1. The highest BCUT2D eigenvalue weighted by molar-refractivity contribution is 6.32. The fourth-order valence-corrected chi connectivity index (χ4v) is 2.62. The quantitative estimate of drug-likeness (QED) is 0.711. The van der Waals surface area contributed by atoms with Gasteiger partial charge in [0.15, 0.2) is 0 Å². The fourth-order valence-electron chi connectivity index (χ4n) is 2.34. The number of hydrogen-bond donors (Lipinski definition) is 1. The molecule has 0 aliphatic carbocycles. The fraction of sp³-hybridized carbons (Fsp3) is 0.625. The van der Waals surface area contributed by atoms with E-state index in [1.165, 1.54) is 6.42 Å². The highest BCUT2D eigenvalue weighted by Crippen LogP contribution is 2.24. The zero-order valence-corrected chi connectivity index (χ0v) is 13.3. The van der Waals surface area contributed by atoms with Gasteiger partial charge < -0.3 is 19.5 Å². The third-order valence-corrected chi connectivity index (χ3v) is 3.81. The Morgan fingerprint density at radius 3 is 3.05 bits per heavy atom. The van der Waals surface area contributed by atoms with Gasteiger partial charge in [-0.05, 0) is 43.5 Å². The Kier molecular flexibility index (Phi) is 7.30. The molecule has 1 saturated heterocycles. The molecule has 21 heavy (non-hydrogen) atoms. The summed E-state index contributed by atoms with van der Waals surface area (Å²) in [4.78, 5) is 0. The van der Waals surface area contributed by atoms with Crippen molar-refractivity contribution in [2.75, 3.05) is 33.5 Å². The molecule has 0 saturated carbocycles. The van der Waals surface area contributed by atoms with Gasteiger partial charge in [-0.3, -0.25) is 0 Å². The van der Waals surface area contributed by atoms with Gasteiger partial charge in [0.2, 0.25) is 0 Å². The first-order valence-corrected chi connectivity index (χ1v) is 7.90. The van der Waals surface area contributed by atoms with Crippen LogP contribution in [-0.4, -0.2) is 39.6 Å². The van der Waals surface area contributed by atoms with E-state index in [0.29, 0.717) is 16.9 Å². The number of nitrogens with one attached hydrogen (secondary N) is 1. The average Bonchev–Trinajstić information content (AvgIpc) is 3.00. The molecule has 1 atom stereocenters. The van der Waals surface area contributed by atoms with E-state index in [1.54, 1.807) is 7.11 Å². The van der Waals surface area contributed by atoms with Crippen LogP contribution in [0.25, 0.3) is 0 Å². The largest absolute Gasteiger partial charge is 0.495 e. The van der Waals surface area contributed by atoms with Gasteiger partial charge in [0.05, 0.1) is 24.8 Å². The summed E-state index contributed by atoms with van der Waals surface area (Å²) >= 11 is 6.09. The Morgan fingerprint density at radius 1 is 1.43 bits per heavy atom. The van der Waals surface area contributed by atoms with E-state index < -0.39 is 0 Å². The van der Waals surface area contributed by atoms with Gasteiger partial charge in [0.1, 0.15) is 5.75 Å². The molecule has 0 radical (unpaired) electrons. The van der Waals surface area contributed by atoms with Crippen molar-refractivity contribution < 1.29 is 14.2 Å². The summed E-state index contributed by atoms with van der Waals surface area (Å²) in [6.07, 6.45) is 3.62. The Balaban J connectivity index is 1.52. The molecular weight excluding hydrogens is 290 g/mol. The Morgan fingerprint density at radius 2 is 2.33 bits per heavy atom. The van der Waals surface area contributed by atoms with Crippen molar-refractivity contribution in [3.63, 3.8) is 0 Å². The van der Waals surface area contributed by atoms with Gasteiger partial charge in [-0.1, -0.05) is 17.7 Å². The molecule has 0 spiro atoms. The minimum absolute atomic E-state index is 0.319. The van der Waals surface area contributed by atoms with E-state index in [1.807, 2.05) is 18.2 Å². The van der Waals surface area contributed by atoms with Crippen molar-refractivity contribution in [3.05, 3.63) is 28.8 Å². The molecule has 1 aromatic carbocycles. The van der Waals surface area contributed by atoms with Crippen molar-refractivity contribution in [2.45, 2.75) is 31.9 Å². The van der Waals surface area contributed by atoms with Gasteiger partial charge in [-0.15, -0.1) is 0 Å². The molecular formula is C16H24ClNO3. The van der Waals surface area contributed by atoms with Crippen LogP contribution in [0.15, 0.2) is 18.2 Å². The minimum Gasteiger partial charge on any atom is -0.495 e. The molecule has 4 nitrogen and oxygen atoms in total. The topological polar surface area (TPSA) is 39.7 Å². The van der Waals surface area contributed by atoms with Crippen molar-refractivity contribution in [2.24, 2.45) is 0 Å². The van der Waals surface area contributed by atoms with E-state index in [9.17, 15) is 0 Å². The first kappa shape index (κ1) is 16.6. The molecule has 1 aliphatic rings. The smallest absolute Gasteiger partial charge is 0.137 e. The standard InChI is InChI=1S/C16H24ClNO3/c1-19-16-6-5-13(10-15(16)17)11-18-7-3-8-20-12-14-4-2-9-21-14/h5-6,10,14,18H,2-4,7-9,11-12H2,1H3. The average molecular weight is 314 g/mol. The zero-order valence-electron chi connectivity index (χ0n) is 12.6. The number of ether oxygens (including phenoxy) is 3. The van der Waals surface area contributed by atoms with Crippen molar-refractivity contribution in [3.8, 4) is 5.75 Å². The summed E-state index contributed by atoms with van der Waals surface area (Å²) in [6.45, 7) is 4.12. The highest BCUT2D eigenvalue weighted by Gasteiger charge is 2.14. The third-order valence-electron chi connectivity index (χ3n) is 3.52. The maximum absolute atomic E-state index is 6.09. The van der Waals surface area contributed by atoms with Crippen LogP contribution in [0.3, 0.4) is 0 Å². The molecule has 5 heteroatoms. The molecule has 0 amide bonds. The summed E-state index contributed by atoms with van der Waals surface area (Å²) in [5.74, 6) is 0.711. The van der Waals surface area contributed by atoms with Gasteiger partial charge in [0, 0.05) is 19.8 Å². The minimum atomic E-state index is 0.319. The Labute approximate surface area is 131 Å². The summed E-state index contributed by atoms with van der Waals surface area (Å²) in [7, 11) is 1.62. The number of benzene rings is 1. The van der Waals surface area contributed by atoms with Crippen LogP contribution in [0, 0.1) is 0 Å².